The molecule has 0 aliphatic carbocycles. The molecule has 0 aliphatic heterocycles. The van der Waals surface area contributed by atoms with Gasteiger partial charge in [-0.05, 0) is 6.92 Å². The summed E-state index contributed by atoms with van der Waals surface area (Å²) in [6, 6.07) is 17.8. The third-order valence-electron chi connectivity index (χ3n) is 3.22. The molecular formula is C18H18O4. The standard InChI is InChI=1S/C18H18O4/c1-3-21-17(20)18(22-14(2)19,15-10-6-4-7-11-15)16-12-8-5-9-13-16/h4-13H,3H2,1-2H3. The van der Waals surface area contributed by atoms with E-state index in [0.717, 1.165) is 0 Å². The third-order valence-corrected chi connectivity index (χ3v) is 3.22. The minimum absolute atomic E-state index is 0.196. The Morgan fingerprint density at radius 3 is 1.73 bits per heavy atom. The molecule has 22 heavy (non-hydrogen) atoms. The van der Waals surface area contributed by atoms with E-state index in [4.69, 9.17) is 9.47 Å². The number of carbonyl (C=O) groups excluding carboxylic acids is 2. The number of benzene rings is 2. The molecule has 2 aromatic rings. The van der Waals surface area contributed by atoms with Crippen molar-refractivity contribution in [3.05, 3.63) is 71.8 Å². The lowest BCUT2D eigenvalue weighted by Crippen LogP contribution is -2.42. The van der Waals surface area contributed by atoms with E-state index in [1.165, 1.54) is 6.92 Å². The van der Waals surface area contributed by atoms with Crippen molar-refractivity contribution < 1.29 is 19.1 Å². The van der Waals surface area contributed by atoms with Crippen molar-refractivity contribution in [1.82, 2.24) is 0 Å². The molecule has 2 aromatic carbocycles. The number of carbonyl (C=O) groups is 2. The fourth-order valence-electron chi connectivity index (χ4n) is 2.36. The normalized spacial score (nSPS) is 10.8. The Balaban J connectivity index is 2.69. The first-order valence-electron chi connectivity index (χ1n) is 7.09. The molecule has 2 rings (SSSR count). The fourth-order valence-corrected chi connectivity index (χ4v) is 2.36. The zero-order valence-corrected chi connectivity index (χ0v) is 12.6. The van der Waals surface area contributed by atoms with Crippen LogP contribution in [0.3, 0.4) is 0 Å². The summed E-state index contributed by atoms with van der Waals surface area (Å²) < 4.78 is 10.7. The number of ether oxygens (including phenoxy) is 2. The molecule has 0 N–H and O–H groups in total. The second kappa shape index (κ2) is 6.89. The molecule has 4 heteroatoms. The van der Waals surface area contributed by atoms with Crippen LogP contribution in [-0.2, 0) is 24.7 Å². The zero-order valence-electron chi connectivity index (χ0n) is 12.6. The highest BCUT2D eigenvalue weighted by atomic mass is 16.6. The van der Waals surface area contributed by atoms with Gasteiger partial charge in [-0.1, -0.05) is 60.7 Å². The molecule has 0 heterocycles. The van der Waals surface area contributed by atoms with E-state index in [-0.39, 0.29) is 6.61 Å². The maximum absolute atomic E-state index is 12.7. The van der Waals surface area contributed by atoms with Crippen LogP contribution in [0.5, 0.6) is 0 Å². The van der Waals surface area contributed by atoms with Crippen LogP contribution in [0.25, 0.3) is 0 Å². The van der Waals surface area contributed by atoms with Crippen molar-refractivity contribution >= 4 is 11.9 Å². The largest absolute Gasteiger partial charge is 0.462 e. The van der Waals surface area contributed by atoms with E-state index < -0.39 is 17.5 Å². The lowest BCUT2D eigenvalue weighted by atomic mass is 9.86. The van der Waals surface area contributed by atoms with Gasteiger partial charge in [0.2, 0.25) is 0 Å². The molecule has 0 fully saturated rings. The molecule has 0 aliphatic rings. The predicted molar refractivity (Wildman–Crippen MR) is 82.1 cm³/mol. The first-order chi connectivity index (χ1) is 10.6. The van der Waals surface area contributed by atoms with E-state index in [1.54, 1.807) is 55.5 Å². The highest BCUT2D eigenvalue weighted by molar-refractivity contribution is 5.88. The van der Waals surface area contributed by atoms with E-state index in [9.17, 15) is 9.59 Å². The van der Waals surface area contributed by atoms with Crippen LogP contribution < -0.4 is 0 Å². The molecular weight excluding hydrogens is 280 g/mol. The topological polar surface area (TPSA) is 52.6 Å². The van der Waals surface area contributed by atoms with Gasteiger partial charge in [0, 0.05) is 18.1 Å². The summed E-state index contributed by atoms with van der Waals surface area (Å²) in [5.41, 5.74) is -0.491. The Hall–Kier alpha value is -2.62. The van der Waals surface area contributed by atoms with Gasteiger partial charge in [0.1, 0.15) is 0 Å². The SMILES string of the molecule is CCOC(=O)C(OC(C)=O)(c1ccccc1)c1ccccc1. The molecule has 0 radical (unpaired) electrons. The predicted octanol–water partition coefficient (Wildman–Crippen LogP) is 3.06. The van der Waals surface area contributed by atoms with Crippen LogP contribution in [0.4, 0.5) is 0 Å². The minimum Gasteiger partial charge on any atom is -0.462 e. The Morgan fingerprint density at radius 1 is 0.909 bits per heavy atom. The summed E-state index contributed by atoms with van der Waals surface area (Å²) in [6.07, 6.45) is 0. The quantitative estimate of drug-likeness (QED) is 0.796. The molecule has 0 saturated heterocycles. The average molecular weight is 298 g/mol. The third kappa shape index (κ3) is 3.01. The summed E-state index contributed by atoms with van der Waals surface area (Å²) in [5.74, 6) is -1.16. The van der Waals surface area contributed by atoms with E-state index >= 15 is 0 Å². The molecule has 0 unspecified atom stereocenters. The summed E-state index contributed by atoms with van der Waals surface area (Å²) in [7, 11) is 0. The average Bonchev–Trinajstić information content (AvgIpc) is 2.54. The maximum atomic E-state index is 12.7. The van der Waals surface area contributed by atoms with Crippen LogP contribution in [0, 0.1) is 0 Å². The van der Waals surface area contributed by atoms with Crippen molar-refractivity contribution in [3.63, 3.8) is 0 Å². The summed E-state index contributed by atoms with van der Waals surface area (Å²) in [5, 5.41) is 0. The summed E-state index contributed by atoms with van der Waals surface area (Å²) >= 11 is 0. The molecule has 4 nitrogen and oxygen atoms in total. The Kier molecular flexibility index (Phi) is 4.94. The van der Waals surface area contributed by atoms with Crippen molar-refractivity contribution in [2.45, 2.75) is 19.4 Å². The highest BCUT2D eigenvalue weighted by Crippen LogP contribution is 2.35. The molecule has 114 valence electrons. The Labute approximate surface area is 129 Å². The van der Waals surface area contributed by atoms with Gasteiger partial charge >= 0.3 is 11.9 Å². The van der Waals surface area contributed by atoms with Gasteiger partial charge in [0.05, 0.1) is 6.61 Å². The van der Waals surface area contributed by atoms with Crippen molar-refractivity contribution in [1.29, 1.82) is 0 Å². The lowest BCUT2D eigenvalue weighted by molar-refractivity contribution is -0.177. The van der Waals surface area contributed by atoms with Crippen LogP contribution in [0.1, 0.15) is 25.0 Å². The number of hydrogen-bond donors (Lipinski definition) is 0. The van der Waals surface area contributed by atoms with Crippen molar-refractivity contribution in [2.24, 2.45) is 0 Å². The molecule has 0 spiro atoms. The van der Waals surface area contributed by atoms with E-state index in [0.29, 0.717) is 11.1 Å². The van der Waals surface area contributed by atoms with Crippen molar-refractivity contribution in [2.75, 3.05) is 6.61 Å². The maximum Gasteiger partial charge on any atom is 0.360 e. The first-order valence-corrected chi connectivity index (χ1v) is 7.09. The summed E-state index contributed by atoms with van der Waals surface area (Å²) in [6.45, 7) is 3.19. The molecule has 0 bridgehead atoms. The fraction of sp³-hybridized carbons (Fsp3) is 0.222. The lowest BCUT2D eigenvalue weighted by Gasteiger charge is -2.31. The first kappa shape index (κ1) is 15.8. The van der Waals surface area contributed by atoms with Crippen LogP contribution in [0.15, 0.2) is 60.7 Å². The van der Waals surface area contributed by atoms with E-state index in [1.807, 2.05) is 12.1 Å². The van der Waals surface area contributed by atoms with Crippen molar-refractivity contribution in [3.8, 4) is 0 Å². The van der Waals surface area contributed by atoms with Crippen LogP contribution in [0.2, 0.25) is 0 Å². The summed E-state index contributed by atoms with van der Waals surface area (Å²) in [4.78, 5) is 24.4. The number of hydrogen-bond acceptors (Lipinski definition) is 4. The van der Waals surface area contributed by atoms with E-state index in [2.05, 4.69) is 0 Å². The second-order valence-corrected chi connectivity index (χ2v) is 4.73. The van der Waals surface area contributed by atoms with Crippen LogP contribution in [-0.4, -0.2) is 18.5 Å². The zero-order chi connectivity index (χ0) is 16.0. The van der Waals surface area contributed by atoms with Gasteiger partial charge in [0.15, 0.2) is 0 Å². The molecule has 0 amide bonds. The highest BCUT2D eigenvalue weighted by Gasteiger charge is 2.47. The van der Waals surface area contributed by atoms with Gasteiger partial charge < -0.3 is 9.47 Å². The Bertz CT molecular complexity index is 595. The Morgan fingerprint density at radius 2 is 1.36 bits per heavy atom. The van der Waals surface area contributed by atoms with Gasteiger partial charge in [-0.25, -0.2) is 4.79 Å². The molecule has 0 saturated carbocycles. The van der Waals surface area contributed by atoms with Gasteiger partial charge in [0.25, 0.3) is 5.60 Å². The van der Waals surface area contributed by atoms with Crippen LogP contribution >= 0.6 is 0 Å². The smallest absolute Gasteiger partial charge is 0.360 e. The number of esters is 2. The van der Waals surface area contributed by atoms with Gasteiger partial charge in [-0.2, -0.15) is 0 Å². The number of rotatable bonds is 5. The molecule has 0 atom stereocenters. The monoisotopic (exact) mass is 298 g/mol. The molecule has 0 aromatic heterocycles. The van der Waals surface area contributed by atoms with Gasteiger partial charge in [-0.3, -0.25) is 4.79 Å². The van der Waals surface area contributed by atoms with Gasteiger partial charge in [-0.15, -0.1) is 0 Å². The minimum atomic E-state index is -1.59. The second-order valence-electron chi connectivity index (χ2n) is 4.73.